The minimum atomic E-state index is -0.914. The zero-order valence-electron chi connectivity index (χ0n) is 20.5. The lowest BCUT2D eigenvalue weighted by Crippen LogP contribution is -2.54. The summed E-state index contributed by atoms with van der Waals surface area (Å²) < 4.78 is 5.29. The van der Waals surface area contributed by atoms with Gasteiger partial charge in [-0.15, -0.1) is 0 Å². The van der Waals surface area contributed by atoms with Crippen LogP contribution < -0.4 is 9.64 Å². The third-order valence-corrected chi connectivity index (χ3v) is 8.47. The number of benzene rings is 4. The SMILES string of the molecule is COc1ccc(N2C(=O)[C@@H]3C4c5ccccc5C(C=Nc5cccc(Cl)c5)(c5ccccc54)[C@H]3C2=O)cc1. The summed E-state index contributed by atoms with van der Waals surface area (Å²) in [5, 5.41) is 0.584. The van der Waals surface area contributed by atoms with Crippen LogP contribution in [0.5, 0.6) is 5.75 Å². The highest BCUT2D eigenvalue weighted by molar-refractivity contribution is 6.30. The molecule has 0 saturated carbocycles. The van der Waals surface area contributed by atoms with Gasteiger partial charge in [-0.2, -0.15) is 0 Å². The third kappa shape index (κ3) is 3.02. The zero-order chi connectivity index (χ0) is 26.0. The fourth-order valence-corrected chi connectivity index (χ4v) is 6.95. The maximum atomic E-state index is 14.4. The number of ether oxygens (including phenoxy) is 1. The number of methoxy groups -OCH3 is 1. The molecule has 4 aromatic carbocycles. The lowest BCUT2D eigenvalue weighted by Gasteiger charge is -2.52. The van der Waals surface area contributed by atoms with Crippen molar-refractivity contribution in [1.82, 2.24) is 0 Å². The van der Waals surface area contributed by atoms with E-state index in [4.69, 9.17) is 21.3 Å². The molecule has 5 nitrogen and oxygen atoms in total. The number of hydrogen-bond donors (Lipinski definition) is 0. The molecule has 0 radical (unpaired) electrons. The number of rotatable bonds is 4. The number of carbonyl (C=O) groups is 2. The van der Waals surface area contributed by atoms with Gasteiger partial charge in [0.1, 0.15) is 5.75 Å². The quantitative estimate of drug-likeness (QED) is 0.235. The average molecular weight is 519 g/mol. The summed E-state index contributed by atoms with van der Waals surface area (Å²) in [6.07, 6.45) is 1.88. The van der Waals surface area contributed by atoms with Crippen molar-refractivity contribution in [2.75, 3.05) is 12.0 Å². The van der Waals surface area contributed by atoms with Crippen molar-refractivity contribution in [2.45, 2.75) is 11.3 Å². The van der Waals surface area contributed by atoms with Crippen LogP contribution in [0, 0.1) is 11.8 Å². The summed E-state index contributed by atoms with van der Waals surface area (Å²) in [6.45, 7) is 0. The monoisotopic (exact) mass is 518 g/mol. The van der Waals surface area contributed by atoms with E-state index in [0.717, 1.165) is 22.3 Å². The Morgan fingerprint density at radius 3 is 2.13 bits per heavy atom. The fourth-order valence-electron chi connectivity index (χ4n) is 6.77. The predicted molar refractivity (Wildman–Crippen MR) is 148 cm³/mol. The topological polar surface area (TPSA) is 59.0 Å². The molecule has 2 atom stereocenters. The Kier molecular flexibility index (Phi) is 5.07. The lowest BCUT2D eigenvalue weighted by molar-refractivity contribution is -0.122. The van der Waals surface area contributed by atoms with Gasteiger partial charge in [-0.25, -0.2) is 4.90 Å². The molecule has 0 spiro atoms. The summed E-state index contributed by atoms with van der Waals surface area (Å²) in [6, 6.07) is 30.7. The number of hydrogen-bond acceptors (Lipinski definition) is 4. The van der Waals surface area contributed by atoms with Gasteiger partial charge in [0.15, 0.2) is 0 Å². The highest BCUT2D eigenvalue weighted by atomic mass is 35.5. The van der Waals surface area contributed by atoms with Crippen LogP contribution in [-0.2, 0) is 15.0 Å². The van der Waals surface area contributed by atoms with Crippen molar-refractivity contribution >= 4 is 41.0 Å². The van der Waals surface area contributed by atoms with Crippen LogP contribution >= 0.6 is 11.6 Å². The second-order valence-corrected chi connectivity index (χ2v) is 10.4. The highest BCUT2D eigenvalue weighted by Gasteiger charge is 2.67. The molecule has 2 bridgehead atoms. The Bertz CT molecular complexity index is 1600. The Morgan fingerprint density at radius 2 is 1.50 bits per heavy atom. The first-order valence-corrected chi connectivity index (χ1v) is 12.9. The number of halogens is 1. The van der Waals surface area contributed by atoms with Gasteiger partial charge in [0.2, 0.25) is 11.8 Å². The van der Waals surface area contributed by atoms with E-state index in [-0.39, 0.29) is 17.7 Å². The first-order valence-electron chi connectivity index (χ1n) is 12.6. The molecule has 2 amide bonds. The minimum Gasteiger partial charge on any atom is -0.497 e. The second kappa shape index (κ2) is 8.40. The number of carbonyl (C=O) groups excluding carboxylic acids is 2. The minimum absolute atomic E-state index is 0.181. The molecule has 0 aromatic heterocycles. The molecule has 6 heteroatoms. The molecule has 4 aliphatic rings. The van der Waals surface area contributed by atoms with E-state index in [0.29, 0.717) is 22.1 Å². The maximum Gasteiger partial charge on any atom is 0.239 e. The van der Waals surface area contributed by atoms with Crippen molar-refractivity contribution < 1.29 is 14.3 Å². The number of aliphatic imine (C=N–C) groups is 1. The number of nitrogens with zero attached hydrogens (tertiary/aromatic N) is 2. The summed E-state index contributed by atoms with van der Waals surface area (Å²) in [5.41, 5.74) is 4.51. The van der Waals surface area contributed by atoms with Crippen LogP contribution in [0.15, 0.2) is 102 Å². The van der Waals surface area contributed by atoms with Crippen LogP contribution in [0.25, 0.3) is 0 Å². The smallest absolute Gasteiger partial charge is 0.239 e. The van der Waals surface area contributed by atoms with E-state index in [1.807, 2.05) is 42.6 Å². The molecule has 1 saturated heterocycles. The van der Waals surface area contributed by atoms with Crippen molar-refractivity contribution in [3.8, 4) is 5.75 Å². The summed E-state index contributed by atoms with van der Waals surface area (Å²) in [7, 11) is 1.59. The van der Waals surface area contributed by atoms with E-state index < -0.39 is 17.3 Å². The summed E-state index contributed by atoms with van der Waals surface area (Å²) in [5.74, 6) is -1.12. The predicted octanol–water partition coefficient (Wildman–Crippen LogP) is 6.30. The van der Waals surface area contributed by atoms with Crippen LogP contribution in [0.3, 0.4) is 0 Å². The number of imide groups is 1. The second-order valence-electron chi connectivity index (χ2n) is 9.97. The van der Waals surface area contributed by atoms with Gasteiger partial charge in [0, 0.05) is 17.2 Å². The first-order chi connectivity index (χ1) is 18.5. The molecule has 38 heavy (non-hydrogen) atoms. The zero-order valence-corrected chi connectivity index (χ0v) is 21.3. The molecule has 1 fully saturated rings. The van der Waals surface area contributed by atoms with Gasteiger partial charge in [0.05, 0.1) is 35.7 Å². The standard InChI is InChI=1S/C32H23ClN2O3/c1-38-22-15-13-21(14-16-22)35-30(36)28-27-23-9-2-4-11-25(23)32(29(28)31(35)37,26-12-5-3-10-24(26)27)18-34-20-8-6-7-19(33)17-20/h2-18,27-29H,1H3/t27?,28-,29-,32?/m1/s1. The van der Waals surface area contributed by atoms with E-state index >= 15 is 0 Å². The molecule has 186 valence electrons. The molecular formula is C32H23ClN2O3. The molecule has 1 aliphatic heterocycles. The van der Waals surface area contributed by atoms with Gasteiger partial charge in [-0.1, -0.05) is 66.2 Å². The molecule has 1 heterocycles. The highest BCUT2D eigenvalue weighted by Crippen LogP contribution is 2.63. The lowest BCUT2D eigenvalue weighted by atomic mass is 9.47. The number of anilines is 1. The average Bonchev–Trinajstić information content (AvgIpc) is 3.23. The van der Waals surface area contributed by atoms with E-state index in [1.165, 1.54) is 4.90 Å². The van der Waals surface area contributed by atoms with Crippen LogP contribution in [0.4, 0.5) is 11.4 Å². The normalized spacial score (nSPS) is 24.9. The van der Waals surface area contributed by atoms with Gasteiger partial charge >= 0.3 is 0 Å². The fraction of sp³-hybridized carbons (Fsp3) is 0.156. The molecule has 0 unspecified atom stereocenters. The Labute approximate surface area is 225 Å². The van der Waals surface area contributed by atoms with Crippen LogP contribution in [-0.4, -0.2) is 25.1 Å². The van der Waals surface area contributed by atoms with Gasteiger partial charge in [0.25, 0.3) is 0 Å². The van der Waals surface area contributed by atoms with Gasteiger partial charge < -0.3 is 4.74 Å². The largest absolute Gasteiger partial charge is 0.497 e. The van der Waals surface area contributed by atoms with Crippen molar-refractivity contribution in [3.63, 3.8) is 0 Å². The third-order valence-electron chi connectivity index (χ3n) is 8.24. The van der Waals surface area contributed by atoms with E-state index in [9.17, 15) is 9.59 Å². The summed E-state index contributed by atoms with van der Waals surface area (Å²) in [4.78, 5) is 34.8. The molecule has 0 N–H and O–H groups in total. The van der Waals surface area contributed by atoms with Gasteiger partial charge in [-0.3, -0.25) is 14.6 Å². The van der Waals surface area contributed by atoms with Crippen molar-refractivity contribution in [1.29, 1.82) is 0 Å². The Morgan fingerprint density at radius 1 is 0.842 bits per heavy atom. The van der Waals surface area contributed by atoms with E-state index in [1.54, 1.807) is 43.5 Å². The molecule has 8 rings (SSSR count). The van der Waals surface area contributed by atoms with Crippen molar-refractivity contribution in [2.24, 2.45) is 16.8 Å². The van der Waals surface area contributed by atoms with Crippen LogP contribution in [0.1, 0.15) is 28.2 Å². The van der Waals surface area contributed by atoms with E-state index in [2.05, 4.69) is 24.3 Å². The Balaban J connectivity index is 1.48. The van der Waals surface area contributed by atoms with Crippen LogP contribution in [0.2, 0.25) is 5.02 Å². The summed E-state index contributed by atoms with van der Waals surface area (Å²) >= 11 is 6.26. The number of amides is 2. The molecule has 4 aromatic rings. The Hall–Kier alpha value is -4.22. The molecular weight excluding hydrogens is 496 g/mol. The van der Waals surface area contributed by atoms with Crippen molar-refractivity contribution in [3.05, 3.63) is 124 Å². The molecule has 3 aliphatic carbocycles. The maximum absolute atomic E-state index is 14.4. The first kappa shape index (κ1) is 22.9. The van der Waals surface area contributed by atoms with Gasteiger partial charge in [-0.05, 0) is 64.7 Å².